The van der Waals surface area contributed by atoms with Gasteiger partial charge in [0.05, 0.1) is 5.76 Å². The zero-order chi connectivity index (χ0) is 22.6. The van der Waals surface area contributed by atoms with Crippen LogP contribution in [0.25, 0.3) is 11.1 Å². The van der Waals surface area contributed by atoms with E-state index in [0.717, 1.165) is 12.0 Å². The summed E-state index contributed by atoms with van der Waals surface area (Å²) in [5.41, 5.74) is 8.36. The molecule has 0 fully saturated rings. The van der Waals surface area contributed by atoms with Gasteiger partial charge < -0.3 is 5.11 Å². The van der Waals surface area contributed by atoms with E-state index >= 15 is 0 Å². The molecule has 1 N–H and O–H groups in total. The van der Waals surface area contributed by atoms with E-state index in [1.807, 2.05) is 19.9 Å². The van der Waals surface area contributed by atoms with E-state index in [2.05, 4.69) is 56.0 Å². The molecule has 1 nitrogen and oxygen atoms in total. The van der Waals surface area contributed by atoms with E-state index in [4.69, 9.17) is 5.11 Å². The molecule has 0 radical (unpaired) electrons. The Morgan fingerprint density at radius 2 is 1.61 bits per heavy atom. The normalized spacial score (nSPS) is 10.7. The number of unbranched alkanes of at least 4 members (excludes halogenated alkanes) is 2. The van der Waals surface area contributed by atoms with Crippen molar-refractivity contribution in [2.45, 2.75) is 59.3 Å². The highest BCUT2D eigenvalue weighted by molar-refractivity contribution is 5.76. The first-order chi connectivity index (χ1) is 14.9. The average Bonchev–Trinajstić information content (AvgIpc) is 3.12. The third kappa shape index (κ3) is 8.05. The number of aryl methyl sites for hydroxylation is 2. The summed E-state index contributed by atoms with van der Waals surface area (Å²) in [6.07, 6.45) is 6.99. The van der Waals surface area contributed by atoms with Gasteiger partial charge in [-0.25, -0.2) is 4.39 Å². The van der Waals surface area contributed by atoms with Gasteiger partial charge in [-0.3, -0.25) is 0 Å². The van der Waals surface area contributed by atoms with Crippen molar-refractivity contribution in [2.75, 3.05) is 0 Å². The summed E-state index contributed by atoms with van der Waals surface area (Å²) < 4.78 is 12.2. The van der Waals surface area contributed by atoms with E-state index in [0.29, 0.717) is 6.42 Å². The number of aliphatic hydroxyl groups excluding tert-OH is 1. The van der Waals surface area contributed by atoms with Gasteiger partial charge in [0.1, 0.15) is 5.82 Å². The fraction of sp³-hybridized carbons (Fsp3) is 0.310. The molecule has 0 bridgehead atoms. The third-order valence-corrected chi connectivity index (χ3v) is 5.32. The molecule has 3 aromatic rings. The van der Waals surface area contributed by atoms with Gasteiger partial charge in [-0.1, -0.05) is 87.9 Å². The van der Waals surface area contributed by atoms with Gasteiger partial charge >= 0.3 is 0 Å². The highest BCUT2D eigenvalue weighted by atomic mass is 19.1. The van der Waals surface area contributed by atoms with E-state index in [9.17, 15) is 4.39 Å². The smallest absolute Gasteiger partial charge is 0.123 e. The summed E-state index contributed by atoms with van der Waals surface area (Å²) in [7, 11) is 0. The molecule has 1 aliphatic rings. The first-order valence-corrected chi connectivity index (χ1v) is 11.2. The maximum absolute atomic E-state index is 12.2. The van der Waals surface area contributed by atoms with Crippen molar-refractivity contribution in [2.24, 2.45) is 0 Å². The Balaban J connectivity index is 0.000000218. The quantitative estimate of drug-likeness (QED) is 0.254. The van der Waals surface area contributed by atoms with Gasteiger partial charge in [0, 0.05) is 6.42 Å². The second-order valence-corrected chi connectivity index (χ2v) is 8.00. The number of halogens is 1. The summed E-state index contributed by atoms with van der Waals surface area (Å²) in [4.78, 5) is 0. The topological polar surface area (TPSA) is 20.2 Å². The van der Waals surface area contributed by atoms with Crippen LogP contribution in [0.3, 0.4) is 0 Å². The third-order valence-electron chi connectivity index (χ3n) is 5.32. The Morgan fingerprint density at radius 3 is 2.23 bits per heavy atom. The number of benzene rings is 3. The molecule has 0 aliphatic heterocycles. The van der Waals surface area contributed by atoms with Crippen LogP contribution in [0.1, 0.15) is 61.8 Å². The molecule has 0 heterocycles. The number of hydrogen-bond acceptors (Lipinski definition) is 1. The summed E-state index contributed by atoms with van der Waals surface area (Å²) in [6, 6.07) is 22.4. The van der Waals surface area contributed by atoms with Crippen molar-refractivity contribution in [1.82, 2.24) is 0 Å². The van der Waals surface area contributed by atoms with Gasteiger partial charge in [-0.05, 0) is 71.7 Å². The van der Waals surface area contributed by atoms with Crippen molar-refractivity contribution in [3.63, 3.8) is 0 Å². The van der Waals surface area contributed by atoms with Gasteiger partial charge in [-0.15, -0.1) is 0 Å². The number of allylic oxidation sites excluding steroid dienone is 1. The van der Waals surface area contributed by atoms with Crippen molar-refractivity contribution in [3.05, 3.63) is 107 Å². The van der Waals surface area contributed by atoms with Crippen LogP contribution in [-0.2, 0) is 12.8 Å². The lowest BCUT2D eigenvalue weighted by molar-refractivity contribution is 0.397. The first kappa shape index (κ1) is 24.4. The van der Waals surface area contributed by atoms with Crippen LogP contribution in [0.15, 0.2) is 79.1 Å². The largest absolute Gasteiger partial charge is 0.513 e. The minimum absolute atomic E-state index is 0.162. The molecule has 0 saturated heterocycles. The second kappa shape index (κ2) is 12.7. The molecular weight excluding hydrogens is 383 g/mol. The second-order valence-electron chi connectivity index (χ2n) is 8.00. The van der Waals surface area contributed by atoms with Crippen molar-refractivity contribution < 1.29 is 9.50 Å². The molecule has 3 aromatic carbocycles. The molecule has 0 aromatic heterocycles. The van der Waals surface area contributed by atoms with Crippen LogP contribution >= 0.6 is 0 Å². The van der Waals surface area contributed by atoms with Crippen LogP contribution < -0.4 is 0 Å². The van der Waals surface area contributed by atoms with Gasteiger partial charge in [0.2, 0.25) is 0 Å². The molecular formula is C29H35FO. The minimum atomic E-state index is -0.162. The minimum Gasteiger partial charge on any atom is -0.513 e. The lowest BCUT2D eigenvalue weighted by atomic mass is 10.0. The number of hydrogen-bond donors (Lipinski definition) is 1. The fourth-order valence-corrected chi connectivity index (χ4v) is 3.54. The molecule has 2 heteroatoms. The van der Waals surface area contributed by atoms with E-state index in [-0.39, 0.29) is 11.6 Å². The zero-order valence-corrected chi connectivity index (χ0v) is 19.1. The maximum atomic E-state index is 12.2. The van der Waals surface area contributed by atoms with E-state index in [1.54, 1.807) is 6.07 Å². The summed E-state index contributed by atoms with van der Waals surface area (Å²) in [5.74, 6) is 0.0926. The van der Waals surface area contributed by atoms with Gasteiger partial charge in [0.15, 0.2) is 0 Å². The molecule has 164 valence electrons. The first-order valence-electron chi connectivity index (χ1n) is 11.2. The maximum Gasteiger partial charge on any atom is 0.123 e. The van der Waals surface area contributed by atoms with Gasteiger partial charge in [-0.2, -0.15) is 0 Å². The van der Waals surface area contributed by atoms with Gasteiger partial charge in [0.25, 0.3) is 0 Å². The number of fused-ring (bicyclic) bond motifs is 3. The zero-order valence-electron chi connectivity index (χ0n) is 19.1. The van der Waals surface area contributed by atoms with Crippen molar-refractivity contribution >= 4 is 0 Å². The molecule has 0 spiro atoms. The Kier molecular flexibility index (Phi) is 10.0. The molecule has 0 saturated carbocycles. The highest BCUT2D eigenvalue weighted by Gasteiger charge is 2.17. The number of aliphatic hydroxyl groups is 1. The van der Waals surface area contributed by atoms with Crippen LogP contribution in [0.4, 0.5) is 4.39 Å². The van der Waals surface area contributed by atoms with Crippen molar-refractivity contribution in [3.8, 4) is 11.1 Å². The summed E-state index contributed by atoms with van der Waals surface area (Å²) >= 11 is 0. The Morgan fingerprint density at radius 1 is 0.903 bits per heavy atom. The lowest BCUT2D eigenvalue weighted by Crippen LogP contribution is -1.88. The monoisotopic (exact) mass is 418 g/mol. The molecule has 0 unspecified atom stereocenters. The molecule has 4 rings (SSSR count). The SMILES string of the molecule is C=C(O)CC.CCCCCc1ccc2c(c1)Cc1ccccc1-2.Cc1cccc(F)c1. The standard InChI is InChI=1S/C18H20.C7H7F.C4H8O/c1-2-3-4-7-14-10-11-18-16(12-14)13-15-8-5-6-9-17(15)18;1-6-3-2-4-7(8)5-6;1-3-4(2)5/h5-6,8-12H,2-4,7,13H2,1H3;2-5H,1H3;5H,2-3H2,1H3. The molecule has 31 heavy (non-hydrogen) atoms. The Hall–Kier alpha value is -2.87. The summed E-state index contributed by atoms with van der Waals surface area (Å²) in [6.45, 7) is 9.21. The molecule has 0 amide bonds. The molecule has 0 atom stereocenters. The lowest BCUT2D eigenvalue weighted by Gasteiger charge is -2.05. The predicted molar refractivity (Wildman–Crippen MR) is 131 cm³/mol. The van der Waals surface area contributed by atoms with Crippen LogP contribution in [0.2, 0.25) is 0 Å². The fourth-order valence-electron chi connectivity index (χ4n) is 3.54. The Bertz CT molecular complexity index is 957. The predicted octanol–water partition coefficient (Wildman–Crippen LogP) is 8.59. The Labute approximate surface area is 187 Å². The number of rotatable bonds is 5. The average molecular weight is 419 g/mol. The van der Waals surface area contributed by atoms with Crippen LogP contribution in [0.5, 0.6) is 0 Å². The highest BCUT2D eigenvalue weighted by Crippen LogP contribution is 2.36. The molecule has 1 aliphatic carbocycles. The van der Waals surface area contributed by atoms with E-state index < -0.39 is 0 Å². The van der Waals surface area contributed by atoms with Crippen LogP contribution in [-0.4, -0.2) is 5.11 Å². The van der Waals surface area contributed by atoms with E-state index in [1.165, 1.54) is 65.6 Å². The van der Waals surface area contributed by atoms with Crippen LogP contribution in [0, 0.1) is 12.7 Å². The van der Waals surface area contributed by atoms with Crippen molar-refractivity contribution in [1.29, 1.82) is 0 Å². The summed E-state index contributed by atoms with van der Waals surface area (Å²) in [5, 5.41) is 8.17.